The van der Waals surface area contributed by atoms with Crippen LogP contribution in [0.5, 0.6) is 11.5 Å². The number of carbonyl (C=O) groups is 2. The van der Waals surface area contributed by atoms with Gasteiger partial charge in [-0.15, -0.1) is 23.5 Å². The minimum Gasteiger partial charge on any atom is -0.507 e. The van der Waals surface area contributed by atoms with Gasteiger partial charge >= 0.3 is 5.97 Å². The molecule has 1 aliphatic heterocycles. The summed E-state index contributed by atoms with van der Waals surface area (Å²) in [4.78, 5) is 24.2. The second-order valence-electron chi connectivity index (χ2n) is 6.27. The van der Waals surface area contributed by atoms with Gasteiger partial charge in [-0.05, 0) is 54.8 Å². The van der Waals surface area contributed by atoms with Gasteiger partial charge in [-0.2, -0.15) is 0 Å². The molecule has 29 heavy (non-hydrogen) atoms. The Morgan fingerprint density at radius 1 is 1.17 bits per heavy atom. The Labute approximate surface area is 178 Å². The van der Waals surface area contributed by atoms with Crippen LogP contribution in [0, 0.1) is 11.8 Å². The summed E-state index contributed by atoms with van der Waals surface area (Å²) >= 11 is 3.49. The highest BCUT2D eigenvalue weighted by molar-refractivity contribution is 8.16. The molecule has 0 aliphatic carbocycles. The number of hydrogen-bond donors (Lipinski definition) is 1. The lowest BCUT2D eigenvalue weighted by Crippen LogP contribution is -2.26. The van der Waals surface area contributed by atoms with E-state index in [1.54, 1.807) is 35.7 Å². The summed E-state index contributed by atoms with van der Waals surface area (Å²) in [5.41, 5.74) is 1.96. The molecular weight excluding hydrogens is 408 g/mol. The number of rotatable bonds is 4. The normalized spacial score (nSPS) is 14.0. The first-order valence-corrected chi connectivity index (χ1v) is 11.2. The van der Waals surface area contributed by atoms with E-state index in [-0.39, 0.29) is 21.2 Å². The van der Waals surface area contributed by atoms with Crippen molar-refractivity contribution in [1.29, 1.82) is 0 Å². The van der Waals surface area contributed by atoms with Crippen LogP contribution in [0.4, 0.5) is 0 Å². The van der Waals surface area contributed by atoms with E-state index >= 15 is 0 Å². The summed E-state index contributed by atoms with van der Waals surface area (Å²) in [5, 5.41) is 9.95. The number of ether oxygens (including phenoxy) is 2. The maximum absolute atomic E-state index is 12.6. The first kappa shape index (κ1) is 21.2. The van der Waals surface area contributed by atoms with E-state index in [0.29, 0.717) is 17.7 Å². The molecule has 2 aromatic rings. The van der Waals surface area contributed by atoms with Crippen molar-refractivity contribution >= 4 is 35.3 Å². The molecular formula is C22H20O5S2. The second kappa shape index (κ2) is 8.85. The minimum absolute atomic E-state index is 0.0459. The molecule has 0 spiro atoms. The number of phenolic OH excluding ortho intramolecular Hbond substituents is 1. The van der Waals surface area contributed by atoms with Crippen molar-refractivity contribution in [1.82, 2.24) is 0 Å². The molecule has 5 nitrogen and oxygen atoms in total. The highest BCUT2D eigenvalue weighted by atomic mass is 32.2. The molecule has 0 bridgehead atoms. The van der Waals surface area contributed by atoms with Gasteiger partial charge in [-0.1, -0.05) is 5.92 Å². The molecule has 1 aliphatic rings. The number of phenols is 1. The lowest BCUT2D eigenvalue weighted by atomic mass is 10.00. The fraction of sp³-hybridized carbons (Fsp3) is 0.273. The zero-order valence-electron chi connectivity index (χ0n) is 16.3. The zero-order valence-corrected chi connectivity index (χ0v) is 17.9. The maximum Gasteiger partial charge on any atom is 0.341 e. The van der Waals surface area contributed by atoms with Gasteiger partial charge in [0.2, 0.25) is 5.78 Å². The number of aromatic hydroxyl groups is 1. The number of fused-ring (bicyclic) bond motifs is 1. The smallest absolute Gasteiger partial charge is 0.341 e. The van der Waals surface area contributed by atoms with Crippen molar-refractivity contribution in [3.63, 3.8) is 0 Å². The van der Waals surface area contributed by atoms with Crippen LogP contribution in [0.3, 0.4) is 0 Å². The van der Waals surface area contributed by atoms with E-state index in [1.165, 1.54) is 19.2 Å². The SMILES string of the molecule is COC(=O)c1ccc(C#CC(=O)c2ccc3c(c2)C(SC)(SC)CCO3)cc1O. The van der Waals surface area contributed by atoms with Gasteiger partial charge in [0.25, 0.3) is 0 Å². The molecule has 0 aromatic heterocycles. The Hall–Kier alpha value is -2.56. The molecule has 3 rings (SSSR count). The monoisotopic (exact) mass is 428 g/mol. The quantitative estimate of drug-likeness (QED) is 0.341. The highest BCUT2D eigenvalue weighted by Gasteiger charge is 2.37. The summed E-state index contributed by atoms with van der Waals surface area (Å²) in [6.45, 7) is 0.646. The molecule has 0 radical (unpaired) electrons. The number of esters is 1. The van der Waals surface area contributed by atoms with E-state index in [2.05, 4.69) is 29.1 Å². The van der Waals surface area contributed by atoms with E-state index in [9.17, 15) is 14.7 Å². The molecule has 1 N–H and O–H groups in total. The number of carbonyl (C=O) groups excluding carboxylic acids is 2. The Morgan fingerprint density at radius 3 is 2.59 bits per heavy atom. The third-order valence-corrected chi connectivity index (χ3v) is 7.89. The van der Waals surface area contributed by atoms with Crippen LogP contribution in [0.15, 0.2) is 36.4 Å². The molecule has 0 unspecified atom stereocenters. The van der Waals surface area contributed by atoms with E-state index < -0.39 is 5.97 Å². The largest absolute Gasteiger partial charge is 0.507 e. The molecule has 1 heterocycles. The van der Waals surface area contributed by atoms with Gasteiger partial charge in [0.15, 0.2) is 0 Å². The van der Waals surface area contributed by atoms with Gasteiger partial charge in [0.05, 0.1) is 17.8 Å². The van der Waals surface area contributed by atoms with Crippen molar-refractivity contribution in [3.8, 4) is 23.3 Å². The molecule has 0 atom stereocenters. The van der Waals surface area contributed by atoms with Gasteiger partial charge in [-0.3, -0.25) is 4.79 Å². The van der Waals surface area contributed by atoms with Gasteiger partial charge < -0.3 is 14.6 Å². The van der Waals surface area contributed by atoms with E-state index in [4.69, 9.17) is 4.74 Å². The standard InChI is InChI=1S/C22H20O5S2/c1-26-21(25)16-7-4-14(12-19(16)24)5-8-18(23)15-6-9-20-17(13-15)22(28-2,29-3)10-11-27-20/h4,6-7,9,12-13,24H,10-11H2,1-3H3. The van der Waals surface area contributed by atoms with E-state index in [1.807, 2.05) is 12.1 Å². The third-order valence-electron chi connectivity index (χ3n) is 4.72. The van der Waals surface area contributed by atoms with Crippen LogP contribution in [-0.4, -0.2) is 43.1 Å². The topological polar surface area (TPSA) is 72.8 Å². The van der Waals surface area contributed by atoms with E-state index in [0.717, 1.165) is 17.7 Å². The molecule has 0 saturated carbocycles. The van der Waals surface area contributed by atoms with Crippen LogP contribution < -0.4 is 4.74 Å². The average Bonchev–Trinajstić information content (AvgIpc) is 2.76. The predicted octanol–water partition coefficient (Wildman–Crippen LogP) is 4.07. The number of thioether (sulfide) groups is 2. The first-order valence-electron chi connectivity index (χ1n) is 8.79. The zero-order chi connectivity index (χ0) is 21.0. The number of methoxy groups -OCH3 is 1. The lowest BCUT2D eigenvalue weighted by molar-refractivity contribution is 0.0597. The van der Waals surface area contributed by atoms with Crippen LogP contribution in [0.25, 0.3) is 0 Å². The van der Waals surface area contributed by atoms with Crippen molar-refractivity contribution in [3.05, 3.63) is 58.7 Å². The fourth-order valence-electron chi connectivity index (χ4n) is 3.13. The van der Waals surface area contributed by atoms with Gasteiger partial charge in [-0.25, -0.2) is 4.79 Å². The molecule has 0 fully saturated rings. The number of benzene rings is 2. The Balaban J connectivity index is 1.88. The van der Waals surface area contributed by atoms with Crippen molar-refractivity contribution in [2.75, 3.05) is 26.2 Å². The van der Waals surface area contributed by atoms with Gasteiger partial charge in [0, 0.05) is 23.1 Å². The summed E-state index contributed by atoms with van der Waals surface area (Å²) in [6.07, 6.45) is 4.98. The molecule has 0 saturated heterocycles. The van der Waals surface area contributed by atoms with Crippen molar-refractivity contribution in [2.24, 2.45) is 0 Å². The Morgan fingerprint density at radius 2 is 1.93 bits per heavy atom. The van der Waals surface area contributed by atoms with Crippen molar-refractivity contribution < 1.29 is 24.2 Å². The summed E-state index contributed by atoms with van der Waals surface area (Å²) < 4.78 is 10.2. The molecule has 150 valence electrons. The van der Waals surface area contributed by atoms with Crippen LogP contribution in [0.2, 0.25) is 0 Å². The van der Waals surface area contributed by atoms with Crippen LogP contribution in [-0.2, 0) is 8.82 Å². The second-order valence-corrected chi connectivity index (χ2v) is 8.74. The maximum atomic E-state index is 12.6. The summed E-state index contributed by atoms with van der Waals surface area (Å²) in [7, 11) is 1.24. The van der Waals surface area contributed by atoms with Gasteiger partial charge in [0.1, 0.15) is 17.1 Å². The number of hydrogen-bond acceptors (Lipinski definition) is 7. The van der Waals surface area contributed by atoms with Crippen molar-refractivity contribution in [2.45, 2.75) is 10.5 Å². The first-order chi connectivity index (χ1) is 13.9. The minimum atomic E-state index is -0.638. The third kappa shape index (κ3) is 4.24. The summed E-state index contributed by atoms with van der Waals surface area (Å²) in [5.74, 6) is 4.94. The number of ketones is 1. The molecule has 7 heteroatoms. The van der Waals surface area contributed by atoms with Crippen LogP contribution in [0.1, 0.15) is 38.3 Å². The average molecular weight is 429 g/mol. The number of Topliss-reactive ketones (excluding diaryl/α,β-unsaturated/α-hetero) is 1. The predicted molar refractivity (Wildman–Crippen MR) is 116 cm³/mol. The molecule has 0 amide bonds. The Kier molecular flexibility index (Phi) is 6.46. The highest BCUT2D eigenvalue weighted by Crippen LogP contribution is 2.52. The Bertz CT molecular complexity index is 1020. The molecule has 2 aromatic carbocycles. The van der Waals surface area contributed by atoms with Crippen LogP contribution >= 0.6 is 23.5 Å². The fourth-order valence-corrected chi connectivity index (χ4v) is 5.13. The lowest BCUT2D eigenvalue weighted by Gasteiger charge is -2.36. The summed E-state index contributed by atoms with van der Waals surface area (Å²) in [6, 6.07) is 9.69.